The third-order valence-electron chi connectivity index (χ3n) is 2.10. The standard InChI is InChI=1S/C12H11N2O3/c1-8(7-15)14-12(16)10-4-3-9(6-13)5-11(10)17-2/h3-5,8H,1-2H3,(H,14,16). The lowest BCUT2D eigenvalue weighted by atomic mass is 10.1. The van der Waals surface area contributed by atoms with E-state index in [2.05, 4.69) is 5.32 Å². The molecule has 87 valence electrons. The minimum atomic E-state index is -0.692. The van der Waals surface area contributed by atoms with Crippen molar-refractivity contribution in [2.24, 2.45) is 0 Å². The topological polar surface area (TPSA) is 79.2 Å². The molecule has 0 aliphatic rings. The number of benzene rings is 1. The predicted molar refractivity (Wildman–Crippen MR) is 60.3 cm³/mol. The Morgan fingerprint density at radius 2 is 2.24 bits per heavy atom. The van der Waals surface area contributed by atoms with Gasteiger partial charge in [0.05, 0.1) is 30.3 Å². The van der Waals surface area contributed by atoms with Gasteiger partial charge >= 0.3 is 0 Å². The van der Waals surface area contributed by atoms with Gasteiger partial charge in [0.25, 0.3) is 5.91 Å². The number of hydrogen-bond donors (Lipinski definition) is 1. The first kappa shape index (κ1) is 12.7. The fraction of sp³-hybridized carbons (Fsp3) is 0.250. The molecule has 0 fully saturated rings. The van der Waals surface area contributed by atoms with Crippen LogP contribution >= 0.6 is 0 Å². The van der Waals surface area contributed by atoms with E-state index in [1.165, 1.54) is 32.2 Å². The van der Waals surface area contributed by atoms with Crippen LogP contribution in [0.2, 0.25) is 0 Å². The second-order valence-corrected chi connectivity index (χ2v) is 3.34. The maximum Gasteiger partial charge on any atom is 0.255 e. The molecule has 1 unspecified atom stereocenters. The van der Waals surface area contributed by atoms with Gasteiger partial charge in [-0.2, -0.15) is 5.26 Å². The van der Waals surface area contributed by atoms with Crippen molar-refractivity contribution in [2.45, 2.75) is 13.0 Å². The Balaban J connectivity index is 3.01. The number of rotatable bonds is 4. The van der Waals surface area contributed by atoms with Crippen LogP contribution in [0.1, 0.15) is 22.8 Å². The normalized spacial score (nSPS) is 11.1. The van der Waals surface area contributed by atoms with E-state index in [0.29, 0.717) is 11.3 Å². The third-order valence-corrected chi connectivity index (χ3v) is 2.10. The van der Waals surface area contributed by atoms with Crippen molar-refractivity contribution in [1.82, 2.24) is 5.32 Å². The minimum Gasteiger partial charge on any atom is -0.496 e. The molecule has 1 rings (SSSR count). The van der Waals surface area contributed by atoms with Crippen LogP contribution in [0.3, 0.4) is 0 Å². The van der Waals surface area contributed by atoms with Crippen molar-refractivity contribution in [3.05, 3.63) is 29.3 Å². The summed E-state index contributed by atoms with van der Waals surface area (Å²) in [4.78, 5) is 22.1. The van der Waals surface area contributed by atoms with Gasteiger partial charge in [0, 0.05) is 0 Å². The van der Waals surface area contributed by atoms with Gasteiger partial charge in [-0.25, -0.2) is 0 Å². The van der Waals surface area contributed by atoms with Crippen LogP contribution in [0.15, 0.2) is 18.2 Å². The summed E-state index contributed by atoms with van der Waals surface area (Å²) >= 11 is 0. The summed E-state index contributed by atoms with van der Waals surface area (Å²) in [6.45, 7) is 1.51. The van der Waals surface area contributed by atoms with E-state index in [0.717, 1.165) is 0 Å². The molecule has 1 aromatic carbocycles. The zero-order valence-electron chi connectivity index (χ0n) is 9.48. The van der Waals surface area contributed by atoms with Crippen LogP contribution in [-0.2, 0) is 4.79 Å². The van der Waals surface area contributed by atoms with Crippen LogP contribution in [-0.4, -0.2) is 25.3 Å². The molecular formula is C12H11N2O3. The maximum absolute atomic E-state index is 11.7. The largest absolute Gasteiger partial charge is 0.496 e. The van der Waals surface area contributed by atoms with Gasteiger partial charge in [0.2, 0.25) is 6.29 Å². The first-order chi connectivity index (χ1) is 8.12. The molecule has 0 aromatic heterocycles. The van der Waals surface area contributed by atoms with E-state index in [-0.39, 0.29) is 5.56 Å². The van der Waals surface area contributed by atoms with E-state index in [4.69, 9.17) is 10.00 Å². The lowest BCUT2D eigenvalue weighted by Crippen LogP contribution is -2.33. The smallest absolute Gasteiger partial charge is 0.255 e. The second-order valence-electron chi connectivity index (χ2n) is 3.34. The monoisotopic (exact) mass is 231 g/mol. The highest BCUT2D eigenvalue weighted by Crippen LogP contribution is 2.19. The fourth-order valence-electron chi connectivity index (χ4n) is 1.25. The van der Waals surface area contributed by atoms with Crippen molar-refractivity contribution in [1.29, 1.82) is 5.26 Å². The van der Waals surface area contributed by atoms with Gasteiger partial charge in [0.1, 0.15) is 5.75 Å². The predicted octanol–water partition coefficient (Wildman–Crippen LogP) is 0.795. The zero-order valence-corrected chi connectivity index (χ0v) is 9.48. The first-order valence-corrected chi connectivity index (χ1v) is 4.89. The summed E-state index contributed by atoms with van der Waals surface area (Å²) in [5, 5.41) is 11.1. The number of carbonyl (C=O) groups excluding carboxylic acids is 2. The van der Waals surface area contributed by atoms with Gasteiger partial charge in [0.15, 0.2) is 0 Å². The summed E-state index contributed by atoms with van der Waals surface area (Å²) < 4.78 is 5.01. The summed E-state index contributed by atoms with van der Waals surface area (Å²) in [5.74, 6) is -0.151. The number of ether oxygens (including phenoxy) is 1. The SMILES string of the molecule is COc1cc(C#N)ccc1C(=O)NC(C)[C]=O. The molecule has 0 saturated heterocycles. The molecule has 5 nitrogen and oxygen atoms in total. The lowest BCUT2D eigenvalue weighted by molar-refractivity contribution is 0.0945. The van der Waals surface area contributed by atoms with Crippen molar-refractivity contribution in [3.8, 4) is 11.8 Å². The molecule has 0 spiro atoms. The van der Waals surface area contributed by atoms with Crippen LogP contribution in [0.5, 0.6) is 5.75 Å². The second kappa shape index (κ2) is 5.66. The highest BCUT2D eigenvalue weighted by molar-refractivity contribution is 5.98. The van der Waals surface area contributed by atoms with E-state index in [1.54, 1.807) is 6.29 Å². The number of carbonyl (C=O) groups is 1. The number of nitrogens with one attached hydrogen (secondary N) is 1. The van der Waals surface area contributed by atoms with E-state index in [1.807, 2.05) is 6.07 Å². The number of nitrogens with zero attached hydrogens (tertiary/aromatic N) is 1. The maximum atomic E-state index is 11.7. The lowest BCUT2D eigenvalue weighted by Gasteiger charge is -2.10. The van der Waals surface area contributed by atoms with E-state index in [9.17, 15) is 9.59 Å². The molecule has 0 bridgehead atoms. The third kappa shape index (κ3) is 3.05. The molecule has 0 saturated carbocycles. The molecule has 0 aliphatic carbocycles. The Morgan fingerprint density at radius 1 is 1.53 bits per heavy atom. The molecule has 1 atom stereocenters. The molecule has 1 radical (unpaired) electrons. The molecule has 0 heterocycles. The van der Waals surface area contributed by atoms with E-state index < -0.39 is 11.9 Å². The molecule has 1 N–H and O–H groups in total. The Kier molecular flexibility index (Phi) is 4.23. The van der Waals surface area contributed by atoms with Crippen LogP contribution in [0.25, 0.3) is 0 Å². The summed E-state index contributed by atoms with van der Waals surface area (Å²) in [6.07, 6.45) is 1.65. The number of amides is 1. The number of methoxy groups -OCH3 is 1. The van der Waals surface area contributed by atoms with Gasteiger partial charge < -0.3 is 10.1 Å². The first-order valence-electron chi connectivity index (χ1n) is 4.89. The van der Waals surface area contributed by atoms with Crippen molar-refractivity contribution in [3.63, 3.8) is 0 Å². The molecular weight excluding hydrogens is 220 g/mol. The van der Waals surface area contributed by atoms with Crippen LogP contribution in [0, 0.1) is 11.3 Å². The van der Waals surface area contributed by atoms with E-state index >= 15 is 0 Å². The summed E-state index contributed by atoms with van der Waals surface area (Å²) in [6, 6.07) is 5.70. The zero-order chi connectivity index (χ0) is 12.8. The fourth-order valence-corrected chi connectivity index (χ4v) is 1.25. The Hall–Kier alpha value is -2.35. The average molecular weight is 231 g/mol. The van der Waals surface area contributed by atoms with Gasteiger partial charge in [-0.15, -0.1) is 0 Å². The van der Waals surface area contributed by atoms with Gasteiger partial charge in [-0.05, 0) is 25.1 Å². The van der Waals surface area contributed by atoms with Crippen LogP contribution < -0.4 is 10.1 Å². The molecule has 1 amide bonds. The minimum absolute atomic E-state index is 0.272. The Labute approximate surface area is 99.0 Å². The van der Waals surface area contributed by atoms with Crippen molar-refractivity contribution < 1.29 is 14.3 Å². The van der Waals surface area contributed by atoms with Crippen LogP contribution in [0.4, 0.5) is 0 Å². The molecule has 17 heavy (non-hydrogen) atoms. The molecule has 0 aliphatic heterocycles. The molecule has 1 aromatic rings. The highest BCUT2D eigenvalue weighted by atomic mass is 16.5. The highest BCUT2D eigenvalue weighted by Gasteiger charge is 2.14. The molecule has 5 heteroatoms. The number of nitriles is 1. The van der Waals surface area contributed by atoms with Crippen molar-refractivity contribution >= 4 is 12.2 Å². The van der Waals surface area contributed by atoms with Gasteiger partial charge in [-0.1, -0.05) is 0 Å². The summed E-state index contributed by atoms with van der Waals surface area (Å²) in [7, 11) is 1.41. The summed E-state index contributed by atoms with van der Waals surface area (Å²) in [5.41, 5.74) is 0.669. The number of hydrogen-bond acceptors (Lipinski definition) is 4. The Bertz CT molecular complexity index is 477. The van der Waals surface area contributed by atoms with Crippen molar-refractivity contribution in [2.75, 3.05) is 7.11 Å². The Morgan fingerprint density at radius 3 is 2.76 bits per heavy atom. The average Bonchev–Trinajstić information content (AvgIpc) is 2.37. The quantitative estimate of drug-likeness (QED) is 0.831. The van der Waals surface area contributed by atoms with Gasteiger partial charge in [-0.3, -0.25) is 9.59 Å².